The van der Waals surface area contributed by atoms with Crippen molar-refractivity contribution in [2.45, 2.75) is 96.1 Å². The summed E-state index contributed by atoms with van der Waals surface area (Å²) in [6, 6.07) is 8.57. The van der Waals surface area contributed by atoms with Crippen molar-refractivity contribution in [3.8, 4) is 0 Å². The van der Waals surface area contributed by atoms with E-state index in [1.807, 2.05) is 37.8 Å². The maximum Gasteiger partial charge on any atom is 0.306 e. The molecule has 4 N–H and O–H groups in total. The minimum atomic E-state index is -0.711. The summed E-state index contributed by atoms with van der Waals surface area (Å²) in [7, 11) is 0. The number of nitrogens with two attached hydrogens (primary N) is 1. The van der Waals surface area contributed by atoms with Crippen molar-refractivity contribution in [2.24, 2.45) is 11.7 Å². The highest BCUT2D eigenvalue weighted by Gasteiger charge is 2.41. The number of nitrogens with zero attached hydrogens (tertiary/aromatic N) is 5. The van der Waals surface area contributed by atoms with Crippen LogP contribution in [0.4, 0.5) is 17.5 Å². The number of aromatic nitrogens is 3. The molecule has 3 fully saturated rings. The molecule has 2 aromatic rings. The molecule has 2 saturated heterocycles. The van der Waals surface area contributed by atoms with Gasteiger partial charge in [-0.05, 0) is 76.0 Å². The minimum Gasteiger partial charge on any atom is -0.460 e. The highest BCUT2D eigenvalue weighted by molar-refractivity contribution is 5.96. The number of benzene rings is 1. The number of nitrogens with one attached hydrogen (secondary N) is 1. The number of ether oxygens (including phenoxy) is 1. The summed E-state index contributed by atoms with van der Waals surface area (Å²) in [5, 5.41) is 22.7. The summed E-state index contributed by atoms with van der Waals surface area (Å²) >= 11 is 0. The summed E-state index contributed by atoms with van der Waals surface area (Å²) in [5.41, 5.74) is 7.08. The van der Waals surface area contributed by atoms with Crippen LogP contribution in [0.15, 0.2) is 24.3 Å². The first-order valence-corrected chi connectivity index (χ1v) is 15.5. The van der Waals surface area contributed by atoms with Gasteiger partial charge >= 0.3 is 5.97 Å². The van der Waals surface area contributed by atoms with Gasteiger partial charge in [0.15, 0.2) is 11.5 Å². The quantitative estimate of drug-likeness (QED) is 0.299. The van der Waals surface area contributed by atoms with E-state index in [-0.39, 0.29) is 28.0 Å². The summed E-state index contributed by atoms with van der Waals surface area (Å²) in [5.74, 6) is 0.260. The van der Waals surface area contributed by atoms with Crippen molar-refractivity contribution >= 4 is 29.3 Å². The van der Waals surface area contributed by atoms with E-state index >= 15 is 0 Å². The maximum absolute atomic E-state index is 12.4. The first-order valence-electron chi connectivity index (χ1n) is 15.5. The number of esters is 1. The molecule has 3 heterocycles. The number of hydrogen-bond donors (Lipinski definition) is 3. The normalized spacial score (nSPS) is 25.3. The number of carbonyl (C=O) groups excluding carboxylic acids is 2. The first-order chi connectivity index (χ1) is 20.0. The number of carbonyl (C=O) groups is 2. The molecule has 0 radical (unpaired) electrons. The van der Waals surface area contributed by atoms with Crippen molar-refractivity contribution < 1.29 is 24.2 Å². The lowest BCUT2D eigenvalue weighted by Crippen LogP contribution is -2.55. The van der Waals surface area contributed by atoms with Crippen LogP contribution < -0.4 is 16.0 Å². The molecule has 3 aliphatic rings. The lowest BCUT2D eigenvalue weighted by molar-refractivity contribution is -1.12. The SMILES string of the molecule is CC(C)(C)OC(=O)C[C@@H]1CCCN(c2nnc(C(N)=O)c(Nc3ccc(C4CC[N+](O)(C5CCCC5)CC4)cc3)n2)C1. The number of hydrogen-bond acceptors (Lipinski definition) is 9. The van der Waals surface area contributed by atoms with Gasteiger partial charge < -0.3 is 20.7 Å². The highest BCUT2D eigenvalue weighted by Crippen LogP contribution is 2.37. The molecule has 5 rings (SSSR count). The van der Waals surface area contributed by atoms with Crippen LogP contribution in [0.5, 0.6) is 0 Å². The van der Waals surface area contributed by atoms with E-state index in [9.17, 15) is 14.8 Å². The Morgan fingerprint density at radius 3 is 2.38 bits per heavy atom. The van der Waals surface area contributed by atoms with Crippen LogP contribution >= 0.6 is 0 Å². The average Bonchev–Trinajstić information content (AvgIpc) is 3.49. The van der Waals surface area contributed by atoms with E-state index in [0.717, 1.165) is 63.8 Å². The second-order valence-electron chi connectivity index (χ2n) is 13.3. The summed E-state index contributed by atoms with van der Waals surface area (Å²) in [6.45, 7) is 8.54. The molecule has 1 saturated carbocycles. The van der Waals surface area contributed by atoms with E-state index < -0.39 is 11.5 Å². The molecule has 1 atom stereocenters. The number of quaternary nitrogens is 1. The van der Waals surface area contributed by atoms with Crippen LogP contribution in [0.2, 0.25) is 0 Å². The first kappa shape index (κ1) is 30.2. The van der Waals surface area contributed by atoms with Gasteiger partial charge in [0.2, 0.25) is 5.95 Å². The van der Waals surface area contributed by atoms with Gasteiger partial charge in [-0.3, -0.25) is 9.59 Å². The molecular weight excluding hydrogens is 534 g/mol. The molecule has 228 valence electrons. The van der Waals surface area contributed by atoms with Crippen molar-refractivity contribution in [1.82, 2.24) is 15.2 Å². The lowest BCUT2D eigenvalue weighted by Gasteiger charge is -2.41. The Hall–Kier alpha value is -3.31. The Labute approximate surface area is 248 Å². The van der Waals surface area contributed by atoms with Crippen molar-refractivity contribution in [2.75, 3.05) is 36.4 Å². The molecule has 0 bridgehead atoms. The number of amides is 1. The fourth-order valence-electron chi connectivity index (χ4n) is 6.81. The standard InChI is InChI=1S/C31H45N7O4/c1-31(2,3)42-26(39)19-21-7-6-16-37(20-21)30-34-29(27(28(32)40)35-36-30)33-24-12-10-22(11-13-24)23-14-17-38(41,18-15-23)25-8-4-5-9-25/h10-13,21,23,25,41H,4-9,14-20H2,1-3H3,(H2-,32,33,34,36,40)/p+1/t21-,23?,38?/m0/s1. The minimum absolute atomic E-state index is 0.0265. The van der Waals surface area contributed by atoms with Crippen LogP contribution in [-0.2, 0) is 9.53 Å². The van der Waals surface area contributed by atoms with Crippen molar-refractivity contribution in [3.63, 3.8) is 0 Å². The van der Waals surface area contributed by atoms with Crippen LogP contribution in [0.25, 0.3) is 0 Å². The summed E-state index contributed by atoms with van der Waals surface area (Å²) in [6.07, 6.45) is 8.81. The molecule has 42 heavy (non-hydrogen) atoms. The van der Waals surface area contributed by atoms with Gasteiger partial charge in [0.1, 0.15) is 24.7 Å². The predicted molar refractivity (Wildman–Crippen MR) is 159 cm³/mol. The Morgan fingerprint density at radius 2 is 1.74 bits per heavy atom. The lowest BCUT2D eigenvalue weighted by atomic mass is 9.88. The van der Waals surface area contributed by atoms with Gasteiger partial charge in [-0.15, -0.1) is 10.2 Å². The van der Waals surface area contributed by atoms with E-state index in [4.69, 9.17) is 10.5 Å². The maximum atomic E-state index is 12.4. The van der Waals surface area contributed by atoms with Gasteiger partial charge in [0, 0.05) is 44.5 Å². The highest BCUT2D eigenvalue weighted by atomic mass is 16.6. The molecule has 11 nitrogen and oxygen atoms in total. The second-order valence-corrected chi connectivity index (χ2v) is 13.3. The molecule has 0 unspecified atom stereocenters. The third-order valence-corrected chi connectivity index (χ3v) is 8.96. The Kier molecular flexibility index (Phi) is 8.98. The summed E-state index contributed by atoms with van der Waals surface area (Å²) in [4.78, 5) is 31.2. The van der Waals surface area contributed by atoms with E-state index in [2.05, 4.69) is 32.6 Å². The molecule has 1 amide bonds. The third kappa shape index (κ3) is 7.36. The fourth-order valence-corrected chi connectivity index (χ4v) is 6.81. The van der Waals surface area contributed by atoms with Crippen molar-refractivity contribution in [1.29, 1.82) is 0 Å². The smallest absolute Gasteiger partial charge is 0.306 e. The molecule has 0 spiro atoms. The molecule has 2 aliphatic heterocycles. The monoisotopic (exact) mass is 580 g/mol. The van der Waals surface area contributed by atoms with E-state index in [1.54, 1.807) is 0 Å². The topological polar surface area (TPSA) is 144 Å². The summed E-state index contributed by atoms with van der Waals surface area (Å²) < 4.78 is 5.76. The van der Waals surface area contributed by atoms with Gasteiger partial charge in [-0.2, -0.15) is 9.63 Å². The van der Waals surface area contributed by atoms with Crippen LogP contribution in [0, 0.1) is 5.92 Å². The molecular formula is C31H46N7O4+. The Bertz CT molecular complexity index is 1250. The number of hydroxylamine groups is 3. The molecule has 1 aromatic carbocycles. The van der Waals surface area contributed by atoms with Crippen LogP contribution in [-0.4, -0.2) is 74.7 Å². The molecule has 11 heteroatoms. The van der Waals surface area contributed by atoms with E-state index in [1.165, 1.54) is 18.4 Å². The Morgan fingerprint density at radius 1 is 1.05 bits per heavy atom. The number of likely N-dealkylation sites (tertiary alicyclic amines) is 1. The van der Waals surface area contributed by atoms with Crippen molar-refractivity contribution in [3.05, 3.63) is 35.5 Å². The van der Waals surface area contributed by atoms with Gasteiger partial charge in [-0.25, -0.2) is 5.21 Å². The zero-order valence-electron chi connectivity index (χ0n) is 25.2. The van der Waals surface area contributed by atoms with Gasteiger partial charge in [-0.1, -0.05) is 12.1 Å². The number of rotatable bonds is 8. The number of primary amides is 1. The largest absolute Gasteiger partial charge is 0.460 e. The third-order valence-electron chi connectivity index (χ3n) is 8.96. The average molecular weight is 581 g/mol. The number of anilines is 3. The van der Waals surface area contributed by atoms with E-state index in [0.29, 0.717) is 30.9 Å². The zero-order valence-corrected chi connectivity index (χ0v) is 25.2. The second kappa shape index (κ2) is 12.5. The molecule has 1 aromatic heterocycles. The molecule has 1 aliphatic carbocycles. The fraction of sp³-hybridized carbons (Fsp3) is 0.645. The Balaban J connectivity index is 1.23. The van der Waals surface area contributed by atoms with Crippen LogP contribution in [0.1, 0.15) is 101 Å². The zero-order chi connectivity index (χ0) is 29.9. The van der Waals surface area contributed by atoms with Crippen LogP contribution in [0.3, 0.4) is 0 Å². The van der Waals surface area contributed by atoms with Gasteiger partial charge in [0.05, 0.1) is 6.42 Å². The predicted octanol–water partition coefficient (Wildman–Crippen LogP) is 4.69. The number of piperidine rings is 2. The van der Waals surface area contributed by atoms with Gasteiger partial charge in [0.25, 0.3) is 5.91 Å².